The molecule has 1 unspecified atom stereocenters. The van der Waals surface area contributed by atoms with Crippen molar-refractivity contribution < 1.29 is 9.53 Å². The summed E-state index contributed by atoms with van der Waals surface area (Å²) in [6.07, 6.45) is 2.37. The van der Waals surface area contributed by atoms with Gasteiger partial charge in [0.2, 0.25) is 0 Å². The summed E-state index contributed by atoms with van der Waals surface area (Å²) >= 11 is 3.31. The van der Waals surface area contributed by atoms with Crippen molar-refractivity contribution in [3.8, 4) is 0 Å². The molecule has 0 bridgehead atoms. The third-order valence-electron chi connectivity index (χ3n) is 2.40. The van der Waals surface area contributed by atoms with Gasteiger partial charge in [-0.05, 0) is 42.3 Å². The first-order valence-electron chi connectivity index (χ1n) is 5.52. The number of rotatable bonds is 4. The molecule has 1 aromatic heterocycles. The van der Waals surface area contributed by atoms with Gasteiger partial charge in [0, 0.05) is 16.2 Å². The highest BCUT2D eigenvalue weighted by Gasteiger charge is 2.18. The Hall–Kier alpha value is -1.10. The highest BCUT2D eigenvalue weighted by molar-refractivity contribution is 9.10. The van der Waals surface area contributed by atoms with E-state index >= 15 is 0 Å². The van der Waals surface area contributed by atoms with Gasteiger partial charge in [-0.15, -0.1) is 0 Å². The van der Waals surface area contributed by atoms with Crippen LogP contribution >= 0.6 is 15.9 Å². The van der Waals surface area contributed by atoms with Crippen LogP contribution in [0.5, 0.6) is 0 Å². The molecule has 0 radical (unpaired) electrons. The van der Waals surface area contributed by atoms with Gasteiger partial charge in [-0.2, -0.15) is 0 Å². The molecule has 1 heterocycles. The molecule has 94 valence electrons. The third-order valence-corrected chi connectivity index (χ3v) is 2.83. The van der Waals surface area contributed by atoms with Gasteiger partial charge >= 0.3 is 5.97 Å². The predicted octanol–water partition coefficient (Wildman–Crippen LogP) is 2.43. The second-order valence-electron chi connectivity index (χ2n) is 3.90. The largest absolute Gasteiger partial charge is 0.464 e. The molecular formula is C12H16BrNO3. The molecule has 1 aromatic rings. The quantitative estimate of drug-likeness (QED) is 0.803. The van der Waals surface area contributed by atoms with Crippen molar-refractivity contribution in [1.82, 2.24) is 4.57 Å². The maximum Gasteiger partial charge on any atom is 0.328 e. The minimum atomic E-state index is -0.606. The first-order valence-corrected chi connectivity index (χ1v) is 6.31. The van der Waals surface area contributed by atoms with Crippen LogP contribution in [0.1, 0.15) is 31.9 Å². The van der Waals surface area contributed by atoms with Crippen molar-refractivity contribution >= 4 is 21.9 Å². The Balaban J connectivity index is 3.00. The number of hydrogen-bond acceptors (Lipinski definition) is 3. The van der Waals surface area contributed by atoms with Crippen LogP contribution in [-0.2, 0) is 9.53 Å². The van der Waals surface area contributed by atoms with E-state index in [0.29, 0.717) is 12.2 Å². The zero-order valence-electron chi connectivity index (χ0n) is 10.2. The number of halogens is 1. The van der Waals surface area contributed by atoms with E-state index in [4.69, 9.17) is 4.74 Å². The van der Waals surface area contributed by atoms with Crippen LogP contribution in [0.3, 0.4) is 0 Å². The number of hydrogen-bond donors (Lipinski definition) is 0. The van der Waals surface area contributed by atoms with Crippen LogP contribution < -0.4 is 5.56 Å². The lowest BCUT2D eigenvalue weighted by atomic mass is 10.2. The van der Waals surface area contributed by atoms with Gasteiger partial charge in [-0.1, -0.05) is 6.92 Å². The predicted molar refractivity (Wildman–Crippen MR) is 69.1 cm³/mol. The standard InChI is InChI=1S/C12H16BrNO3/c1-4-5-17-12(16)9(3)14-7-10(13)6-8(2)11(14)15/h6-7,9H,4-5H2,1-3H3. The third kappa shape index (κ3) is 3.43. The Kier molecular flexibility index (Phi) is 4.93. The molecule has 0 N–H and O–H groups in total. The normalized spacial score (nSPS) is 12.2. The average Bonchev–Trinajstić information content (AvgIpc) is 2.29. The molecule has 0 aromatic carbocycles. The Morgan fingerprint density at radius 3 is 2.82 bits per heavy atom. The molecule has 0 saturated heterocycles. The molecule has 0 aliphatic heterocycles. The summed E-state index contributed by atoms with van der Waals surface area (Å²) in [4.78, 5) is 23.6. The van der Waals surface area contributed by atoms with Crippen LogP contribution in [0.2, 0.25) is 0 Å². The molecule has 1 atom stereocenters. The molecule has 0 fully saturated rings. The van der Waals surface area contributed by atoms with Crippen molar-refractivity contribution in [3.63, 3.8) is 0 Å². The molecule has 0 saturated carbocycles. The molecule has 1 rings (SSSR count). The lowest BCUT2D eigenvalue weighted by Crippen LogP contribution is -2.30. The number of nitrogens with zero attached hydrogens (tertiary/aromatic N) is 1. The van der Waals surface area contributed by atoms with Crippen LogP contribution in [0.25, 0.3) is 0 Å². The summed E-state index contributed by atoms with van der Waals surface area (Å²) in [7, 11) is 0. The minimum absolute atomic E-state index is 0.172. The first-order chi connectivity index (χ1) is 7.97. The number of ether oxygens (including phenoxy) is 1. The molecule has 0 aliphatic rings. The molecular weight excluding hydrogens is 286 g/mol. The highest BCUT2D eigenvalue weighted by atomic mass is 79.9. The summed E-state index contributed by atoms with van der Waals surface area (Å²) in [5.74, 6) is -0.383. The Morgan fingerprint density at radius 1 is 1.59 bits per heavy atom. The van der Waals surface area contributed by atoms with E-state index < -0.39 is 6.04 Å². The van der Waals surface area contributed by atoms with Crippen molar-refractivity contribution in [2.75, 3.05) is 6.61 Å². The lowest BCUT2D eigenvalue weighted by molar-refractivity contribution is -0.147. The van der Waals surface area contributed by atoms with E-state index in [1.54, 1.807) is 26.1 Å². The summed E-state index contributed by atoms with van der Waals surface area (Å²) in [6.45, 7) is 5.68. The monoisotopic (exact) mass is 301 g/mol. The zero-order valence-corrected chi connectivity index (χ0v) is 11.8. The van der Waals surface area contributed by atoms with Crippen molar-refractivity contribution in [3.05, 3.63) is 32.7 Å². The molecule has 0 spiro atoms. The van der Waals surface area contributed by atoms with Crippen molar-refractivity contribution in [2.45, 2.75) is 33.2 Å². The van der Waals surface area contributed by atoms with Gasteiger partial charge in [0.1, 0.15) is 6.04 Å². The number of esters is 1. The van der Waals surface area contributed by atoms with E-state index in [1.807, 2.05) is 6.92 Å². The number of pyridine rings is 1. The van der Waals surface area contributed by atoms with Gasteiger partial charge in [-0.25, -0.2) is 4.79 Å². The summed E-state index contributed by atoms with van der Waals surface area (Å²) in [5.41, 5.74) is 0.420. The SMILES string of the molecule is CCCOC(=O)C(C)n1cc(Br)cc(C)c1=O. The van der Waals surface area contributed by atoms with Crippen LogP contribution in [0.4, 0.5) is 0 Å². The topological polar surface area (TPSA) is 48.3 Å². The fourth-order valence-electron chi connectivity index (χ4n) is 1.43. The lowest BCUT2D eigenvalue weighted by Gasteiger charge is -2.15. The molecule has 4 nitrogen and oxygen atoms in total. The average molecular weight is 302 g/mol. The number of carbonyl (C=O) groups is 1. The van der Waals surface area contributed by atoms with Crippen molar-refractivity contribution in [1.29, 1.82) is 0 Å². The Labute approximate surface area is 109 Å². The smallest absolute Gasteiger partial charge is 0.328 e. The maximum atomic E-state index is 11.9. The summed E-state index contributed by atoms with van der Waals surface area (Å²) in [5, 5.41) is 0. The van der Waals surface area contributed by atoms with E-state index in [1.165, 1.54) is 4.57 Å². The van der Waals surface area contributed by atoms with Crippen LogP contribution in [-0.4, -0.2) is 17.1 Å². The fourth-order valence-corrected chi connectivity index (χ4v) is 1.99. The van der Waals surface area contributed by atoms with Crippen LogP contribution in [0.15, 0.2) is 21.5 Å². The van der Waals surface area contributed by atoms with E-state index in [2.05, 4.69) is 15.9 Å². The Bertz CT molecular complexity index is 467. The molecule has 0 amide bonds. The van der Waals surface area contributed by atoms with Crippen molar-refractivity contribution in [2.24, 2.45) is 0 Å². The van der Waals surface area contributed by atoms with Gasteiger partial charge in [0.25, 0.3) is 5.56 Å². The highest BCUT2D eigenvalue weighted by Crippen LogP contribution is 2.13. The second-order valence-corrected chi connectivity index (χ2v) is 4.81. The van der Waals surface area contributed by atoms with E-state index in [-0.39, 0.29) is 11.5 Å². The molecule has 5 heteroatoms. The first kappa shape index (κ1) is 14.0. The molecule has 0 aliphatic carbocycles. The van der Waals surface area contributed by atoms with Gasteiger partial charge in [0.05, 0.1) is 6.61 Å². The van der Waals surface area contributed by atoms with Gasteiger partial charge < -0.3 is 9.30 Å². The number of carbonyl (C=O) groups excluding carboxylic acids is 1. The minimum Gasteiger partial charge on any atom is -0.464 e. The van der Waals surface area contributed by atoms with E-state index in [9.17, 15) is 9.59 Å². The van der Waals surface area contributed by atoms with E-state index in [0.717, 1.165) is 10.9 Å². The Morgan fingerprint density at radius 2 is 2.24 bits per heavy atom. The second kappa shape index (κ2) is 6.00. The summed E-state index contributed by atoms with van der Waals surface area (Å²) in [6, 6.07) is 1.12. The van der Waals surface area contributed by atoms with Crippen LogP contribution in [0, 0.1) is 6.92 Å². The summed E-state index contributed by atoms with van der Waals surface area (Å²) < 4.78 is 7.18. The maximum absolute atomic E-state index is 11.9. The number of aryl methyl sites for hydroxylation is 1. The van der Waals surface area contributed by atoms with Gasteiger partial charge in [0.15, 0.2) is 0 Å². The molecule has 17 heavy (non-hydrogen) atoms. The number of aromatic nitrogens is 1. The zero-order chi connectivity index (χ0) is 13.0. The van der Waals surface area contributed by atoms with Gasteiger partial charge in [-0.3, -0.25) is 4.79 Å². The fraction of sp³-hybridized carbons (Fsp3) is 0.500.